The summed E-state index contributed by atoms with van der Waals surface area (Å²) >= 11 is 15.7. The zero-order chi connectivity index (χ0) is 21.6. The largest absolute Gasteiger partial charge is 0.352 e. The Morgan fingerprint density at radius 1 is 1.14 bits per heavy atom. The second kappa shape index (κ2) is 11.0. The van der Waals surface area contributed by atoms with Crippen molar-refractivity contribution in [3.05, 3.63) is 68.1 Å². The van der Waals surface area contributed by atoms with Crippen molar-refractivity contribution < 1.29 is 9.59 Å². The smallest absolute Gasteiger partial charge is 0.242 e. The third-order valence-electron chi connectivity index (χ3n) is 4.77. The molecule has 0 saturated heterocycles. The van der Waals surface area contributed by atoms with Gasteiger partial charge in [-0.15, -0.1) is 0 Å². The van der Waals surface area contributed by atoms with Gasteiger partial charge in [0.2, 0.25) is 11.8 Å². The van der Waals surface area contributed by atoms with E-state index in [1.165, 1.54) is 0 Å². The zero-order valence-electron chi connectivity index (χ0n) is 16.7. The van der Waals surface area contributed by atoms with Gasteiger partial charge in [-0.2, -0.15) is 0 Å². The highest BCUT2D eigenvalue weighted by atomic mass is 79.9. The molecule has 0 heterocycles. The summed E-state index contributed by atoms with van der Waals surface area (Å²) < 4.78 is 0.917. The van der Waals surface area contributed by atoms with Gasteiger partial charge in [0.25, 0.3) is 0 Å². The molecule has 2 rings (SSSR count). The summed E-state index contributed by atoms with van der Waals surface area (Å²) in [7, 11) is 0. The molecule has 0 aliphatic rings. The predicted molar refractivity (Wildman–Crippen MR) is 122 cm³/mol. The lowest BCUT2D eigenvalue weighted by Gasteiger charge is -2.30. The van der Waals surface area contributed by atoms with Crippen molar-refractivity contribution in [3.63, 3.8) is 0 Å². The number of nitrogens with one attached hydrogen (secondary N) is 1. The third-order valence-corrected chi connectivity index (χ3v) is 5.85. The fourth-order valence-corrected chi connectivity index (χ4v) is 3.73. The van der Waals surface area contributed by atoms with Gasteiger partial charge in [-0.3, -0.25) is 9.59 Å². The molecule has 2 amide bonds. The van der Waals surface area contributed by atoms with Gasteiger partial charge in [-0.25, -0.2) is 0 Å². The topological polar surface area (TPSA) is 49.4 Å². The van der Waals surface area contributed by atoms with Crippen LogP contribution in [0.3, 0.4) is 0 Å². The van der Waals surface area contributed by atoms with Gasteiger partial charge >= 0.3 is 0 Å². The number of benzene rings is 2. The predicted octanol–water partition coefficient (Wildman–Crippen LogP) is 5.63. The summed E-state index contributed by atoms with van der Waals surface area (Å²) in [4.78, 5) is 27.5. The Morgan fingerprint density at radius 3 is 2.48 bits per heavy atom. The van der Waals surface area contributed by atoms with Crippen LogP contribution in [0.1, 0.15) is 38.3 Å². The van der Waals surface area contributed by atoms with Crippen molar-refractivity contribution in [1.29, 1.82) is 0 Å². The van der Waals surface area contributed by atoms with E-state index >= 15 is 0 Å². The molecule has 0 fully saturated rings. The second-order valence-corrected chi connectivity index (χ2v) is 8.82. The normalized spacial score (nSPS) is 12.9. The Kier molecular flexibility index (Phi) is 9.00. The van der Waals surface area contributed by atoms with Crippen LogP contribution in [0, 0.1) is 0 Å². The highest BCUT2D eigenvalue weighted by molar-refractivity contribution is 9.10. The average Bonchev–Trinajstić information content (AvgIpc) is 2.67. The molecule has 0 aromatic heterocycles. The number of amides is 2. The molecule has 2 aromatic carbocycles. The third kappa shape index (κ3) is 7.02. The second-order valence-electron chi connectivity index (χ2n) is 7.06. The summed E-state index contributed by atoms with van der Waals surface area (Å²) in [5, 5.41) is 3.91. The summed E-state index contributed by atoms with van der Waals surface area (Å²) in [5.41, 5.74) is 1.60. The van der Waals surface area contributed by atoms with Crippen molar-refractivity contribution in [3.8, 4) is 0 Å². The molecule has 2 atom stereocenters. The van der Waals surface area contributed by atoms with E-state index in [4.69, 9.17) is 23.2 Å². The van der Waals surface area contributed by atoms with E-state index in [0.717, 1.165) is 16.5 Å². The van der Waals surface area contributed by atoms with Crippen molar-refractivity contribution in [2.24, 2.45) is 0 Å². The molecule has 7 heteroatoms. The molecule has 2 aromatic rings. The van der Waals surface area contributed by atoms with Crippen LogP contribution in [0.25, 0.3) is 0 Å². The van der Waals surface area contributed by atoms with Crippen LogP contribution in [-0.4, -0.2) is 28.8 Å². The summed E-state index contributed by atoms with van der Waals surface area (Å²) in [6, 6.07) is 12.2. The molecule has 0 saturated carbocycles. The van der Waals surface area contributed by atoms with E-state index in [9.17, 15) is 9.59 Å². The lowest BCUT2D eigenvalue weighted by molar-refractivity contribution is -0.140. The standard InChI is InChI=1S/C22H25BrCl2N2O2/c1-4-14(2)26-22(29)15(3)27(13-16-6-5-7-18(23)10-16)21(28)11-17-8-9-19(24)12-20(17)25/h5-10,12,14-15H,4,11,13H2,1-3H3,(H,26,29)/t14-,15-/m1/s1. The minimum absolute atomic E-state index is 0.0403. The molecule has 1 N–H and O–H groups in total. The molecule has 0 bridgehead atoms. The Labute approximate surface area is 190 Å². The lowest BCUT2D eigenvalue weighted by atomic mass is 10.1. The maximum Gasteiger partial charge on any atom is 0.242 e. The van der Waals surface area contributed by atoms with Gasteiger partial charge in [0.15, 0.2) is 0 Å². The van der Waals surface area contributed by atoms with E-state index in [1.54, 1.807) is 30.0 Å². The summed E-state index contributed by atoms with van der Waals surface area (Å²) in [6.07, 6.45) is 0.906. The van der Waals surface area contributed by atoms with E-state index in [0.29, 0.717) is 22.2 Å². The Hall–Kier alpha value is -1.56. The van der Waals surface area contributed by atoms with E-state index < -0.39 is 6.04 Å². The van der Waals surface area contributed by atoms with E-state index in [-0.39, 0.29) is 24.3 Å². The number of hydrogen-bond acceptors (Lipinski definition) is 2. The number of halogens is 3. The summed E-state index contributed by atoms with van der Waals surface area (Å²) in [5.74, 6) is -0.356. The number of nitrogens with zero attached hydrogens (tertiary/aromatic N) is 1. The Bertz CT molecular complexity index is 876. The minimum Gasteiger partial charge on any atom is -0.352 e. The quantitative estimate of drug-likeness (QED) is 0.511. The first kappa shape index (κ1) is 23.7. The molecular formula is C22H25BrCl2N2O2. The molecule has 0 aliphatic carbocycles. The van der Waals surface area contributed by atoms with Gasteiger partial charge in [0.05, 0.1) is 6.42 Å². The number of hydrogen-bond donors (Lipinski definition) is 1. The fourth-order valence-electron chi connectivity index (χ4n) is 2.81. The van der Waals surface area contributed by atoms with Crippen LogP contribution >= 0.6 is 39.1 Å². The number of carbonyl (C=O) groups excluding carboxylic acids is 2. The first-order chi connectivity index (χ1) is 13.7. The average molecular weight is 500 g/mol. The molecule has 4 nitrogen and oxygen atoms in total. The minimum atomic E-state index is -0.624. The maximum absolute atomic E-state index is 13.2. The van der Waals surface area contributed by atoms with Crippen LogP contribution in [0.15, 0.2) is 46.9 Å². The van der Waals surface area contributed by atoms with E-state index in [2.05, 4.69) is 21.2 Å². The van der Waals surface area contributed by atoms with Crippen molar-refractivity contribution >= 4 is 50.9 Å². The summed E-state index contributed by atoms with van der Waals surface area (Å²) in [6.45, 7) is 6.01. The molecule has 156 valence electrons. The van der Waals surface area contributed by atoms with Crippen molar-refractivity contribution in [2.75, 3.05) is 0 Å². The van der Waals surface area contributed by atoms with Crippen LogP contribution in [0.5, 0.6) is 0 Å². The fraction of sp³-hybridized carbons (Fsp3) is 0.364. The molecule has 0 spiro atoms. The SMILES string of the molecule is CC[C@@H](C)NC(=O)[C@@H](C)N(Cc1cccc(Br)c1)C(=O)Cc1ccc(Cl)cc1Cl. The molecule has 0 aliphatic heterocycles. The molecule has 29 heavy (non-hydrogen) atoms. The van der Waals surface area contributed by atoms with Gasteiger partial charge in [0.1, 0.15) is 6.04 Å². The highest BCUT2D eigenvalue weighted by Crippen LogP contribution is 2.23. The van der Waals surface area contributed by atoms with Gasteiger partial charge in [-0.05, 0) is 55.7 Å². The highest BCUT2D eigenvalue weighted by Gasteiger charge is 2.27. The lowest BCUT2D eigenvalue weighted by Crippen LogP contribution is -2.49. The van der Waals surface area contributed by atoms with Crippen molar-refractivity contribution in [1.82, 2.24) is 10.2 Å². The van der Waals surface area contributed by atoms with Crippen LogP contribution in [-0.2, 0) is 22.6 Å². The van der Waals surface area contributed by atoms with Crippen LogP contribution in [0.4, 0.5) is 0 Å². The molecule has 0 unspecified atom stereocenters. The first-order valence-corrected chi connectivity index (χ1v) is 11.0. The number of carbonyl (C=O) groups is 2. The van der Waals surface area contributed by atoms with Crippen LogP contribution in [0.2, 0.25) is 10.0 Å². The van der Waals surface area contributed by atoms with Crippen LogP contribution < -0.4 is 5.32 Å². The molecule has 0 radical (unpaired) electrons. The Balaban J connectivity index is 2.26. The maximum atomic E-state index is 13.2. The van der Waals surface area contributed by atoms with Gasteiger partial charge in [-0.1, -0.05) is 64.3 Å². The van der Waals surface area contributed by atoms with Gasteiger partial charge < -0.3 is 10.2 Å². The van der Waals surface area contributed by atoms with Gasteiger partial charge in [0, 0.05) is 27.1 Å². The zero-order valence-corrected chi connectivity index (χ0v) is 19.8. The first-order valence-electron chi connectivity index (χ1n) is 9.49. The number of rotatable bonds is 8. The Morgan fingerprint density at radius 2 is 1.86 bits per heavy atom. The molecular weight excluding hydrogens is 475 g/mol. The van der Waals surface area contributed by atoms with E-state index in [1.807, 2.05) is 38.1 Å². The van der Waals surface area contributed by atoms with Crippen molar-refractivity contribution in [2.45, 2.75) is 52.2 Å². The monoisotopic (exact) mass is 498 g/mol.